The van der Waals surface area contributed by atoms with Crippen LogP contribution in [0.5, 0.6) is 0 Å². The Morgan fingerprint density at radius 1 is 0.848 bits per heavy atom. The molecule has 7 nitrogen and oxygen atoms in total. The fraction of sp³-hybridized carbons (Fsp3) is 0.160. The molecule has 0 radical (unpaired) electrons. The molecule has 0 saturated heterocycles. The van der Waals surface area contributed by atoms with Crippen LogP contribution in [0.25, 0.3) is 16.6 Å². The summed E-state index contributed by atoms with van der Waals surface area (Å²) in [7, 11) is -3.92. The summed E-state index contributed by atoms with van der Waals surface area (Å²) in [5.41, 5.74) is 5.93. The molecule has 0 unspecified atom stereocenters. The average molecular weight is 458 g/mol. The van der Waals surface area contributed by atoms with Crippen molar-refractivity contribution in [2.24, 2.45) is 0 Å². The highest BCUT2D eigenvalue weighted by atomic mass is 32.2. The van der Waals surface area contributed by atoms with Crippen LogP contribution in [0.1, 0.15) is 22.3 Å². The SMILES string of the molecule is Cc1ccc(Nc2nc3c(S(=O)(=O)c4ccc(C)c(C)c4)nnn3c3ccccc23)c(C)c1. The van der Waals surface area contributed by atoms with E-state index < -0.39 is 9.84 Å². The Kier molecular flexibility index (Phi) is 4.90. The number of rotatable bonds is 4. The van der Waals surface area contributed by atoms with E-state index in [0.29, 0.717) is 11.3 Å². The summed E-state index contributed by atoms with van der Waals surface area (Å²) in [5.74, 6) is 0.545. The molecule has 0 aliphatic heterocycles. The number of para-hydroxylation sites is 1. The zero-order chi connectivity index (χ0) is 23.3. The van der Waals surface area contributed by atoms with Crippen molar-refractivity contribution in [2.75, 3.05) is 5.32 Å². The number of sulfone groups is 1. The summed E-state index contributed by atoms with van der Waals surface area (Å²) in [6, 6.07) is 18.7. The molecule has 0 atom stereocenters. The van der Waals surface area contributed by atoms with Gasteiger partial charge in [0.2, 0.25) is 14.9 Å². The summed E-state index contributed by atoms with van der Waals surface area (Å²) in [6.45, 7) is 7.89. The van der Waals surface area contributed by atoms with Crippen molar-refractivity contribution in [2.45, 2.75) is 37.6 Å². The second-order valence-corrected chi connectivity index (χ2v) is 10.2. The molecule has 5 aromatic rings. The molecule has 0 aliphatic carbocycles. The molecule has 0 saturated carbocycles. The van der Waals surface area contributed by atoms with Crippen LogP contribution in [-0.4, -0.2) is 28.2 Å². The molecule has 0 fully saturated rings. The van der Waals surface area contributed by atoms with Gasteiger partial charge in [-0.1, -0.05) is 41.1 Å². The van der Waals surface area contributed by atoms with Crippen LogP contribution in [0.4, 0.5) is 11.5 Å². The zero-order valence-corrected chi connectivity index (χ0v) is 19.6. The van der Waals surface area contributed by atoms with E-state index >= 15 is 0 Å². The third-order valence-electron chi connectivity index (χ3n) is 5.90. The molecule has 166 valence electrons. The molecular weight excluding hydrogens is 434 g/mol. The van der Waals surface area contributed by atoms with Gasteiger partial charge in [-0.25, -0.2) is 13.4 Å². The van der Waals surface area contributed by atoms with Crippen LogP contribution in [0.3, 0.4) is 0 Å². The predicted octanol–water partition coefficient (Wildman–Crippen LogP) is 5.09. The number of benzene rings is 3. The maximum Gasteiger partial charge on any atom is 0.229 e. The Morgan fingerprint density at radius 2 is 1.64 bits per heavy atom. The minimum absolute atomic E-state index is 0.166. The standard InChI is InChI=1S/C25H23N5O2S/c1-15-9-12-21(18(4)13-15)26-23-20-7-5-6-8-22(20)30-24(27-23)25(28-29-30)33(31,32)19-11-10-16(2)17(3)14-19/h5-14H,1-4H3,(H,26,27). The van der Waals surface area contributed by atoms with Gasteiger partial charge in [-0.3, -0.25) is 0 Å². The van der Waals surface area contributed by atoms with Gasteiger partial charge in [-0.2, -0.15) is 4.52 Å². The van der Waals surface area contributed by atoms with Crippen molar-refractivity contribution in [3.05, 3.63) is 82.9 Å². The summed E-state index contributed by atoms with van der Waals surface area (Å²) in [4.78, 5) is 4.87. The third-order valence-corrected chi connectivity index (χ3v) is 7.55. The topological polar surface area (TPSA) is 89.2 Å². The van der Waals surface area contributed by atoms with E-state index in [2.05, 4.69) is 21.7 Å². The summed E-state index contributed by atoms with van der Waals surface area (Å²) in [6.07, 6.45) is 0. The molecule has 8 heteroatoms. The molecule has 0 spiro atoms. The number of aromatic nitrogens is 4. The number of nitrogens with zero attached hydrogens (tertiary/aromatic N) is 4. The number of hydrogen-bond donors (Lipinski definition) is 1. The van der Waals surface area contributed by atoms with Crippen LogP contribution >= 0.6 is 0 Å². The van der Waals surface area contributed by atoms with E-state index in [1.54, 1.807) is 18.2 Å². The molecule has 33 heavy (non-hydrogen) atoms. The molecule has 0 bridgehead atoms. The van der Waals surface area contributed by atoms with Gasteiger partial charge < -0.3 is 5.32 Å². The lowest BCUT2D eigenvalue weighted by Crippen LogP contribution is -2.06. The number of aryl methyl sites for hydroxylation is 4. The Labute approximate surface area is 192 Å². The minimum atomic E-state index is -3.92. The smallest absolute Gasteiger partial charge is 0.229 e. The highest BCUT2D eigenvalue weighted by Gasteiger charge is 2.27. The lowest BCUT2D eigenvalue weighted by Gasteiger charge is -2.13. The van der Waals surface area contributed by atoms with Gasteiger partial charge in [0.1, 0.15) is 5.82 Å². The van der Waals surface area contributed by atoms with Gasteiger partial charge in [0.25, 0.3) is 0 Å². The predicted molar refractivity (Wildman–Crippen MR) is 129 cm³/mol. The quantitative estimate of drug-likeness (QED) is 0.404. The Bertz CT molecular complexity index is 1660. The average Bonchev–Trinajstić information content (AvgIpc) is 3.22. The number of anilines is 2. The van der Waals surface area contributed by atoms with Crippen molar-refractivity contribution in [3.63, 3.8) is 0 Å². The Hall–Kier alpha value is -3.78. The minimum Gasteiger partial charge on any atom is -0.339 e. The molecule has 0 amide bonds. The molecule has 0 aliphatic rings. The van der Waals surface area contributed by atoms with Crippen molar-refractivity contribution >= 4 is 37.9 Å². The highest BCUT2D eigenvalue weighted by Crippen LogP contribution is 2.31. The van der Waals surface area contributed by atoms with Crippen LogP contribution < -0.4 is 5.32 Å². The largest absolute Gasteiger partial charge is 0.339 e. The van der Waals surface area contributed by atoms with Gasteiger partial charge in [0, 0.05) is 11.1 Å². The summed E-state index contributed by atoms with van der Waals surface area (Å²) in [5, 5.41) is 12.2. The molecule has 3 aromatic carbocycles. The van der Waals surface area contributed by atoms with Crippen LogP contribution in [-0.2, 0) is 9.84 Å². The second kappa shape index (κ2) is 7.67. The molecular formula is C25H23N5O2S. The second-order valence-electron chi connectivity index (χ2n) is 8.30. The van der Waals surface area contributed by atoms with Crippen molar-refractivity contribution in [1.82, 2.24) is 19.8 Å². The molecule has 2 aromatic heterocycles. The maximum absolute atomic E-state index is 13.5. The number of nitrogens with one attached hydrogen (secondary N) is 1. The third kappa shape index (κ3) is 3.52. The molecule has 5 rings (SSSR count). The molecule has 1 N–H and O–H groups in total. The fourth-order valence-electron chi connectivity index (χ4n) is 3.89. The summed E-state index contributed by atoms with van der Waals surface area (Å²) >= 11 is 0. The first-order valence-electron chi connectivity index (χ1n) is 10.6. The normalized spacial score (nSPS) is 11.9. The lowest BCUT2D eigenvalue weighted by molar-refractivity contribution is 0.592. The Morgan fingerprint density at radius 3 is 2.39 bits per heavy atom. The van der Waals surface area contributed by atoms with E-state index in [1.165, 1.54) is 4.52 Å². The van der Waals surface area contributed by atoms with Crippen LogP contribution in [0, 0.1) is 27.7 Å². The van der Waals surface area contributed by atoms with Gasteiger partial charge >= 0.3 is 0 Å². The van der Waals surface area contributed by atoms with Gasteiger partial charge in [-0.05, 0) is 74.7 Å². The monoisotopic (exact) mass is 457 g/mol. The van der Waals surface area contributed by atoms with Gasteiger partial charge in [-0.15, -0.1) is 5.10 Å². The number of fused-ring (bicyclic) bond motifs is 3. The fourth-order valence-corrected chi connectivity index (χ4v) is 5.21. The van der Waals surface area contributed by atoms with Crippen molar-refractivity contribution in [3.8, 4) is 0 Å². The number of hydrogen-bond acceptors (Lipinski definition) is 6. The summed E-state index contributed by atoms with van der Waals surface area (Å²) < 4.78 is 28.5. The van der Waals surface area contributed by atoms with Crippen LogP contribution in [0.2, 0.25) is 0 Å². The van der Waals surface area contributed by atoms with E-state index in [0.717, 1.165) is 33.3 Å². The first-order chi connectivity index (χ1) is 15.8. The first kappa shape index (κ1) is 21.1. The van der Waals surface area contributed by atoms with E-state index in [9.17, 15) is 8.42 Å². The van der Waals surface area contributed by atoms with Gasteiger partial charge in [0.15, 0.2) is 5.65 Å². The van der Waals surface area contributed by atoms with E-state index in [-0.39, 0.29) is 15.6 Å². The molecule has 2 heterocycles. The first-order valence-corrected chi connectivity index (χ1v) is 12.0. The maximum atomic E-state index is 13.5. The van der Waals surface area contributed by atoms with Gasteiger partial charge in [0.05, 0.1) is 10.4 Å². The van der Waals surface area contributed by atoms with E-state index in [1.807, 2.05) is 64.1 Å². The van der Waals surface area contributed by atoms with Crippen molar-refractivity contribution < 1.29 is 8.42 Å². The lowest BCUT2D eigenvalue weighted by atomic mass is 10.1. The van der Waals surface area contributed by atoms with Crippen molar-refractivity contribution in [1.29, 1.82) is 0 Å². The highest BCUT2D eigenvalue weighted by molar-refractivity contribution is 7.91. The Balaban J connectivity index is 1.74. The van der Waals surface area contributed by atoms with E-state index in [4.69, 9.17) is 4.98 Å². The van der Waals surface area contributed by atoms with Crippen LogP contribution in [0.15, 0.2) is 70.6 Å². The zero-order valence-electron chi connectivity index (χ0n) is 18.8.